The Hall–Kier alpha value is -1.57. The summed E-state index contributed by atoms with van der Waals surface area (Å²) in [5.74, 6) is 1.68. The molecule has 2 heterocycles. The molecule has 6 nitrogen and oxygen atoms in total. The predicted molar refractivity (Wildman–Crippen MR) is 87.2 cm³/mol. The van der Waals surface area contributed by atoms with Crippen LogP contribution in [0.5, 0.6) is 5.75 Å². The minimum atomic E-state index is -3.68. The summed E-state index contributed by atoms with van der Waals surface area (Å²) in [4.78, 5) is 4.33. The number of halogens is 1. The zero-order chi connectivity index (χ0) is 16.4. The quantitative estimate of drug-likeness (QED) is 0.891. The first kappa shape index (κ1) is 16.3. The number of hydrogen-bond acceptors (Lipinski definition) is 4. The van der Waals surface area contributed by atoms with Gasteiger partial charge in [-0.05, 0) is 24.5 Å². The molecule has 8 heteroatoms. The average Bonchev–Trinajstić information content (AvgIpc) is 3.01. The molecule has 1 aromatic heterocycles. The SMILES string of the molecule is COc1ccc(Cl)c(S(=O)(=O)NC[C@@H]2CCn3ccnc3C2)c1. The monoisotopic (exact) mass is 355 g/mol. The average molecular weight is 356 g/mol. The van der Waals surface area contributed by atoms with Gasteiger partial charge in [-0.2, -0.15) is 0 Å². The molecule has 0 amide bonds. The number of nitrogens with zero attached hydrogens (tertiary/aromatic N) is 2. The Balaban J connectivity index is 1.70. The highest BCUT2D eigenvalue weighted by molar-refractivity contribution is 7.89. The van der Waals surface area contributed by atoms with Gasteiger partial charge in [0, 0.05) is 38.0 Å². The van der Waals surface area contributed by atoms with Crippen LogP contribution in [0.25, 0.3) is 0 Å². The Morgan fingerprint density at radius 2 is 2.30 bits per heavy atom. The Morgan fingerprint density at radius 1 is 1.48 bits per heavy atom. The van der Waals surface area contributed by atoms with Gasteiger partial charge in [0.25, 0.3) is 0 Å². The third kappa shape index (κ3) is 3.52. The van der Waals surface area contributed by atoms with E-state index in [-0.39, 0.29) is 15.8 Å². The number of rotatable bonds is 5. The number of fused-ring (bicyclic) bond motifs is 1. The lowest BCUT2D eigenvalue weighted by Gasteiger charge is -2.23. The van der Waals surface area contributed by atoms with Crippen molar-refractivity contribution in [3.8, 4) is 5.75 Å². The molecule has 2 aromatic rings. The number of imidazole rings is 1. The maximum atomic E-state index is 12.5. The number of aryl methyl sites for hydroxylation is 1. The molecule has 0 bridgehead atoms. The number of sulfonamides is 1. The highest BCUT2D eigenvalue weighted by Crippen LogP contribution is 2.26. The van der Waals surface area contributed by atoms with E-state index in [2.05, 4.69) is 14.3 Å². The fourth-order valence-corrected chi connectivity index (χ4v) is 4.34. The molecule has 1 atom stereocenters. The molecule has 1 aliphatic rings. The molecule has 1 aromatic carbocycles. The van der Waals surface area contributed by atoms with E-state index in [0.717, 1.165) is 25.2 Å². The summed E-state index contributed by atoms with van der Waals surface area (Å²) in [6.07, 6.45) is 5.41. The molecule has 0 aliphatic carbocycles. The van der Waals surface area contributed by atoms with Crippen LogP contribution in [0.2, 0.25) is 5.02 Å². The van der Waals surface area contributed by atoms with E-state index in [1.165, 1.54) is 19.2 Å². The van der Waals surface area contributed by atoms with E-state index in [1.54, 1.807) is 12.3 Å². The molecule has 23 heavy (non-hydrogen) atoms. The standard InChI is InChI=1S/C15H18ClN3O3S/c1-22-12-2-3-13(16)14(9-12)23(20,21)18-10-11-4-6-19-7-5-17-15(19)8-11/h2-3,5,7,9,11,18H,4,6,8,10H2,1H3/t11-/m1/s1. The lowest BCUT2D eigenvalue weighted by molar-refractivity contribution is 0.379. The number of benzene rings is 1. The second-order valence-electron chi connectivity index (χ2n) is 5.54. The van der Waals surface area contributed by atoms with E-state index in [1.807, 2.05) is 6.20 Å². The molecule has 0 fully saturated rings. The van der Waals surface area contributed by atoms with Crippen molar-refractivity contribution < 1.29 is 13.2 Å². The van der Waals surface area contributed by atoms with Gasteiger partial charge in [0.2, 0.25) is 10.0 Å². The van der Waals surface area contributed by atoms with Crippen LogP contribution in [-0.2, 0) is 23.0 Å². The fourth-order valence-electron chi connectivity index (χ4n) is 2.71. The summed E-state index contributed by atoms with van der Waals surface area (Å²) in [6, 6.07) is 4.58. The van der Waals surface area contributed by atoms with Crippen LogP contribution < -0.4 is 9.46 Å². The van der Waals surface area contributed by atoms with Crippen molar-refractivity contribution in [2.45, 2.75) is 24.3 Å². The highest BCUT2D eigenvalue weighted by Gasteiger charge is 2.23. The molecular formula is C15H18ClN3O3S. The van der Waals surface area contributed by atoms with Gasteiger partial charge in [-0.1, -0.05) is 11.6 Å². The molecule has 1 N–H and O–H groups in total. The van der Waals surface area contributed by atoms with Crippen LogP contribution >= 0.6 is 11.6 Å². The molecule has 1 aliphatic heterocycles. The van der Waals surface area contributed by atoms with Crippen molar-refractivity contribution in [3.63, 3.8) is 0 Å². The smallest absolute Gasteiger partial charge is 0.242 e. The Labute approximate surface area is 140 Å². The molecule has 0 radical (unpaired) electrons. The molecule has 0 spiro atoms. The van der Waals surface area contributed by atoms with Gasteiger partial charge < -0.3 is 9.30 Å². The van der Waals surface area contributed by atoms with Crippen LogP contribution in [0.1, 0.15) is 12.2 Å². The number of ether oxygens (including phenoxy) is 1. The van der Waals surface area contributed by atoms with Crippen LogP contribution in [0.15, 0.2) is 35.5 Å². The van der Waals surface area contributed by atoms with Gasteiger partial charge >= 0.3 is 0 Å². The Morgan fingerprint density at radius 3 is 3.09 bits per heavy atom. The molecule has 124 valence electrons. The molecule has 0 saturated carbocycles. The van der Waals surface area contributed by atoms with Crippen molar-refractivity contribution >= 4 is 21.6 Å². The van der Waals surface area contributed by atoms with Crippen LogP contribution in [0.3, 0.4) is 0 Å². The first-order valence-corrected chi connectivity index (χ1v) is 9.19. The summed E-state index contributed by atoms with van der Waals surface area (Å²) in [6.45, 7) is 1.23. The second-order valence-corrected chi connectivity index (χ2v) is 7.69. The highest BCUT2D eigenvalue weighted by atomic mass is 35.5. The van der Waals surface area contributed by atoms with Crippen LogP contribution in [0, 0.1) is 5.92 Å². The Bertz CT molecular complexity index is 804. The number of aromatic nitrogens is 2. The zero-order valence-electron chi connectivity index (χ0n) is 12.7. The number of hydrogen-bond donors (Lipinski definition) is 1. The fraction of sp³-hybridized carbons (Fsp3) is 0.400. The van der Waals surface area contributed by atoms with Crippen molar-refractivity contribution in [1.82, 2.24) is 14.3 Å². The summed E-state index contributed by atoms with van der Waals surface area (Å²) in [5, 5.41) is 0.178. The van der Waals surface area contributed by atoms with Gasteiger partial charge in [-0.15, -0.1) is 0 Å². The third-order valence-electron chi connectivity index (χ3n) is 4.04. The minimum Gasteiger partial charge on any atom is -0.497 e. The van der Waals surface area contributed by atoms with Crippen molar-refractivity contribution in [2.24, 2.45) is 5.92 Å². The van der Waals surface area contributed by atoms with Crippen molar-refractivity contribution in [3.05, 3.63) is 41.4 Å². The first-order valence-electron chi connectivity index (χ1n) is 7.33. The summed E-state index contributed by atoms with van der Waals surface area (Å²) in [7, 11) is -2.19. The predicted octanol–water partition coefficient (Wildman–Crippen LogP) is 2.09. The summed E-state index contributed by atoms with van der Waals surface area (Å²) in [5.41, 5.74) is 0. The maximum Gasteiger partial charge on any atom is 0.242 e. The molecular weight excluding hydrogens is 338 g/mol. The van der Waals surface area contributed by atoms with Crippen molar-refractivity contribution in [2.75, 3.05) is 13.7 Å². The Kier molecular flexibility index (Phi) is 4.61. The van der Waals surface area contributed by atoms with Gasteiger partial charge in [0.15, 0.2) is 0 Å². The number of nitrogens with one attached hydrogen (secondary N) is 1. The van der Waals surface area contributed by atoms with E-state index in [4.69, 9.17) is 16.3 Å². The first-order chi connectivity index (χ1) is 11.0. The minimum absolute atomic E-state index is 0.0378. The molecule has 0 unspecified atom stereocenters. The topological polar surface area (TPSA) is 73.2 Å². The molecule has 3 rings (SSSR count). The second kappa shape index (κ2) is 6.51. The van der Waals surface area contributed by atoms with E-state index in [0.29, 0.717) is 12.3 Å². The maximum absolute atomic E-state index is 12.5. The van der Waals surface area contributed by atoms with Gasteiger partial charge in [-0.25, -0.2) is 18.1 Å². The number of methoxy groups -OCH3 is 1. The van der Waals surface area contributed by atoms with E-state index in [9.17, 15) is 8.42 Å². The summed E-state index contributed by atoms with van der Waals surface area (Å²) < 4.78 is 34.8. The van der Waals surface area contributed by atoms with Crippen molar-refractivity contribution in [1.29, 1.82) is 0 Å². The third-order valence-corrected chi connectivity index (χ3v) is 5.95. The summed E-state index contributed by atoms with van der Waals surface area (Å²) >= 11 is 6.02. The van der Waals surface area contributed by atoms with Crippen LogP contribution in [-0.4, -0.2) is 31.6 Å². The van der Waals surface area contributed by atoms with Gasteiger partial charge in [-0.3, -0.25) is 0 Å². The van der Waals surface area contributed by atoms with Crippen LogP contribution in [0.4, 0.5) is 0 Å². The normalized spacial score (nSPS) is 17.7. The largest absolute Gasteiger partial charge is 0.497 e. The van der Waals surface area contributed by atoms with Gasteiger partial charge in [0.05, 0.1) is 12.1 Å². The lowest BCUT2D eigenvalue weighted by Crippen LogP contribution is -2.33. The zero-order valence-corrected chi connectivity index (χ0v) is 14.3. The molecule has 0 saturated heterocycles. The van der Waals surface area contributed by atoms with Gasteiger partial charge in [0.1, 0.15) is 16.5 Å². The van der Waals surface area contributed by atoms with E-state index >= 15 is 0 Å². The lowest BCUT2D eigenvalue weighted by atomic mass is 9.98. The van der Waals surface area contributed by atoms with E-state index < -0.39 is 10.0 Å².